The van der Waals surface area contributed by atoms with E-state index in [1.165, 1.54) is 6.20 Å². The van der Waals surface area contributed by atoms with Crippen molar-refractivity contribution in [3.8, 4) is 17.3 Å². The predicted molar refractivity (Wildman–Crippen MR) is 174 cm³/mol. The molecule has 3 aromatic heterocycles. The van der Waals surface area contributed by atoms with Gasteiger partial charge in [0.2, 0.25) is 5.95 Å². The molecule has 45 heavy (non-hydrogen) atoms. The molecule has 1 unspecified atom stereocenters. The fourth-order valence-corrected chi connectivity index (χ4v) is 7.67. The number of halogens is 1. The molecule has 236 valence electrons. The SMILES string of the molecule is CCc1c(-c2ncc(F)c3sc(NC(=O)OC(C)(C)C)c(C#N)c23)c2c(c3cnc(N4CCC(CN(C)C)[C@@H]4C)nc13)COC2. The van der Waals surface area contributed by atoms with Gasteiger partial charge in [0, 0.05) is 41.7 Å². The molecule has 12 heteroatoms. The molecule has 1 saturated heterocycles. The first-order chi connectivity index (χ1) is 21.4. The molecule has 1 aromatic carbocycles. The van der Waals surface area contributed by atoms with Gasteiger partial charge < -0.3 is 19.3 Å². The quantitative estimate of drug-likeness (QED) is 0.250. The summed E-state index contributed by atoms with van der Waals surface area (Å²) in [5.74, 6) is 0.626. The zero-order valence-electron chi connectivity index (χ0n) is 26.7. The van der Waals surface area contributed by atoms with Crippen LogP contribution in [0.25, 0.3) is 32.2 Å². The lowest BCUT2D eigenvalue weighted by atomic mass is 9.88. The van der Waals surface area contributed by atoms with Gasteiger partial charge >= 0.3 is 6.09 Å². The molecule has 0 spiro atoms. The molecule has 10 nitrogen and oxygen atoms in total. The van der Waals surface area contributed by atoms with Crippen molar-refractivity contribution in [2.45, 2.75) is 72.3 Å². The van der Waals surface area contributed by atoms with E-state index in [1.807, 2.05) is 6.20 Å². The Morgan fingerprint density at radius 1 is 1.27 bits per heavy atom. The Balaban J connectivity index is 1.54. The number of amides is 1. The maximum absolute atomic E-state index is 15.3. The summed E-state index contributed by atoms with van der Waals surface area (Å²) in [5.41, 5.74) is 4.32. The van der Waals surface area contributed by atoms with E-state index in [0.717, 1.165) is 64.0 Å². The second kappa shape index (κ2) is 11.8. The smallest absolute Gasteiger partial charge is 0.412 e. The number of anilines is 2. The summed E-state index contributed by atoms with van der Waals surface area (Å²) in [5, 5.41) is 14.5. The normalized spacial score (nSPS) is 18.2. The van der Waals surface area contributed by atoms with Gasteiger partial charge in [-0.1, -0.05) is 6.92 Å². The van der Waals surface area contributed by atoms with Crippen LogP contribution in [0.2, 0.25) is 0 Å². The predicted octanol–water partition coefficient (Wildman–Crippen LogP) is 6.63. The summed E-state index contributed by atoms with van der Waals surface area (Å²) in [6, 6.07) is 2.48. The average Bonchev–Trinajstić information content (AvgIpc) is 3.69. The maximum Gasteiger partial charge on any atom is 0.412 e. The molecule has 2 atom stereocenters. The van der Waals surface area contributed by atoms with E-state index in [9.17, 15) is 10.1 Å². The maximum atomic E-state index is 15.3. The van der Waals surface area contributed by atoms with Gasteiger partial charge in [0.05, 0.1) is 40.9 Å². The summed E-state index contributed by atoms with van der Waals surface area (Å²) in [7, 11) is 4.20. The van der Waals surface area contributed by atoms with E-state index in [0.29, 0.717) is 42.6 Å². The second-order valence-corrected chi connectivity index (χ2v) is 14.1. The average molecular weight is 632 g/mol. The van der Waals surface area contributed by atoms with Crippen LogP contribution in [0.1, 0.15) is 63.3 Å². The highest BCUT2D eigenvalue weighted by atomic mass is 32.1. The molecular weight excluding hydrogens is 593 g/mol. The van der Waals surface area contributed by atoms with E-state index >= 15 is 4.39 Å². The third-order valence-corrected chi connectivity index (χ3v) is 9.72. The van der Waals surface area contributed by atoms with Gasteiger partial charge in [-0.15, -0.1) is 11.3 Å². The molecule has 0 aliphatic carbocycles. The van der Waals surface area contributed by atoms with Gasteiger partial charge in [-0.3, -0.25) is 10.3 Å². The van der Waals surface area contributed by atoms with Gasteiger partial charge in [0.25, 0.3) is 0 Å². The third kappa shape index (κ3) is 5.58. The molecule has 2 aliphatic heterocycles. The zero-order chi connectivity index (χ0) is 32.2. The number of rotatable bonds is 6. The van der Waals surface area contributed by atoms with Crippen LogP contribution < -0.4 is 10.2 Å². The molecular formula is C33H38FN7O3S. The van der Waals surface area contributed by atoms with Crippen molar-refractivity contribution in [2.24, 2.45) is 5.92 Å². The topological polar surface area (TPSA) is 116 Å². The number of aryl methyl sites for hydroxylation is 1. The van der Waals surface area contributed by atoms with Crippen molar-refractivity contribution in [3.63, 3.8) is 0 Å². The number of nitrogens with zero attached hydrogens (tertiary/aromatic N) is 6. The fraction of sp³-hybridized carbons (Fsp3) is 0.485. The number of carbonyl (C=O) groups excluding carboxylic acids is 1. The van der Waals surface area contributed by atoms with Gasteiger partial charge in [-0.2, -0.15) is 5.26 Å². The van der Waals surface area contributed by atoms with E-state index in [1.54, 1.807) is 20.8 Å². The van der Waals surface area contributed by atoms with Crippen molar-refractivity contribution in [3.05, 3.63) is 40.5 Å². The fourth-order valence-electron chi connectivity index (χ4n) is 6.63. The number of hydrogen-bond donors (Lipinski definition) is 1. The first kappa shape index (κ1) is 31.1. The number of aromatic nitrogens is 3. The minimum Gasteiger partial charge on any atom is -0.444 e. The summed E-state index contributed by atoms with van der Waals surface area (Å²) >= 11 is 0.996. The first-order valence-corrected chi connectivity index (χ1v) is 16.1. The van der Waals surface area contributed by atoms with Crippen LogP contribution in [-0.4, -0.2) is 64.8 Å². The van der Waals surface area contributed by atoms with Crippen LogP contribution >= 0.6 is 11.3 Å². The van der Waals surface area contributed by atoms with Crippen LogP contribution in [0.3, 0.4) is 0 Å². The second-order valence-electron chi connectivity index (χ2n) is 13.0. The molecule has 2 aliphatic rings. The Kier molecular flexibility index (Phi) is 8.14. The Labute approximate surface area is 266 Å². The number of nitrogens with one attached hydrogen (secondary N) is 1. The minimum atomic E-state index is -0.742. The van der Waals surface area contributed by atoms with E-state index < -0.39 is 17.5 Å². The monoisotopic (exact) mass is 631 g/mol. The Morgan fingerprint density at radius 3 is 2.71 bits per heavy atom. The van der Waals surface area contributed by atoms with Crippen LogP contribution in [0.15, 0.2) is 12.4 Å². The molecule has 6 rings (SSSR count). The number of hydrogen-bond acceptors (Lipinski definition) is 10. The summed E-state index contributed by atoms with van der Waals surface area (Å²) in [6.45, 7) is 12.2. The lowest BCUT2D eigenvalue weighted by molar-refractivity contribution is 0.0636. The lowest BCUT2D eigenvalue weighted by Gasteiger charge is -2.27. The molecule has 4 aromatic rings. The lowest BCUT2D eigenvalue weighted by Crippen LogP contribution is -2.35. The molecule has 0 radical (unpaired) electrons. The molecule has 1 fully saturated rings. The summed E-state index contributed by atoms with van der Waals surface area (Å²) < 4.78 is 27.0. The number of thiophene rings is 1. The number of ether oxygens (including phenoxy) is 2. The van der Waals surface area contributed by atoms with Crippen LogP contribution in [0.4, 0.5) is 20.1 Å². The Bertz CT molecular complexity index is 1860. The van der Waals surface area contributed by atoms with Gasteiger partial charge in [0.1, 0.15) is 16.7 Å². The number of benzene rings is 1. The minimum absolute atomic E-state index is 0.138. The largest absolute Gasteiger partial charge is 0.444 e. The number of carbonyl (C=O) groups is 1. The molecule has 1 amide bonds. The van der Waals surface area contributed by atoms with Gasteiger partial charge in [0.15, 0.2) is 5.82 Å². The van der Waals surface area contributed by atoms with Crippen molar-refractivity contribution < 1.29 is 18.7 Å². The first-order valence-electron chi connectivity index (χ1n) is 15.3. The molecule has 0 bridgehead atoms. The molecule has 5 heterocycles. The highest BCUT2D eigenvalue weighted by Crippen LogP contribution is 2.46. The van der Waals surface area contributed by atoms with Crippen LogP contribution in [0, 0.1) is 23.1 Å². The van der Waals surface area contributed by atoms with Crippen molar-refractivity contribution in [1.29, 1.82) is 5.26 Å². The van der Waals surface area contributed by atoms with Gasteiger partial charge in [-0.05, 0) is 77.2 Å². The standard InChI is InChI=1S/C33H38FN7O3S/c1-8-19-25(28-26-20(11-35)30(39-32(42)44-33(3,4)5)45-29(26)24(34)13-36-28)23-16-43-15-22(23)21-12-37-31(38-27(19)21)41-10-9-18(17(41)2)14-40(6)7/h12-13,17-18H,8-10,14-16H2,1-7H3,(H,39,42)/t17-,18?/m0/s1. The number of fused-ring (bicyclic) bond motifs is 4. The van der Waals surface area contributed by atoms with Crippen molar-refractivity contribution in [1.82, 2.24) is 19.9 Å². The van der Waals surface area contributed by atoms with Crippen LogP contribution in [0.5, 0.6) is 0 Å². The summed E-state index contributed by atoms with van der Waals surface area (Å²) in [4.78, 5) is 31.8. The molecule has 1 N–H and O–H groups in total. The van der Waals surface area contributed by atoms with Gasteiger partial charge in [-0.25, -0.2) is 19.2 Å². The van der Waals surface area contributed by atoms with E-state index in [2.05, 4.69) is 54.1 Å². The van der Waals surface area contributed by atoms with Crippen LogP contribution in [-0.2, 0) is 29.1 Å². The Morgan fingerprint density at radius 2 is 2.02 bits per heavy atom. The molecule has 0 saturated carbocycles. The number of pyridine rings is 1. The van der Waals surface area contributed by atoms with E-state index in [4.69, 9.17) is 19.4 Å². The van der Waals surface area contributed by atoms with E-state index in [-0.39, 0.29) is 21.3 Å². The third-order valence-electron chi connectivity index (χ3n) is 8.60. The van der Waals surface area contributed by atoms with Crippen molar-refractivity contribution in [2.75, 3.05) is 37.4 Å². The Hall–Kier alpha value is -3.92. The van der Waals surface area contributed by atoms with Crippen molar-refractivity contribution >= 4 is 49.4 Å². The highest BCUT2D eigenvalue weighted by Gasteiger charge is 2.34. The zero-order valence-corrected chi connectivity index (χ0v) is 27.6. The highest BCUT2D eigenvalue weighted by molar-refractivity contribution is 7.23. The summed E-state index contributed by atoms with van der Waals surface area (Å²) in [6.07, 6.45) is 4.05. The number of nitriles is 1.